The van der Waals surface area contributed by atoms with Crippen LogP contribution in [0.25, 0.3) is 0 Å². The lowest BCUT2D eigenvalue weighted by Crippen LogP contribution is -2.24. The van der Waals surface area contributed by atoms with Crippen LogP contribution in [0.15, 0.2) is 23.1 Å². The first-order valence-electron chi connectivity index (χ1n) is 6.81. The van der Waals surface area contributed by atoms with Gasteiger partial charge in [-0.3, -0.25) is 0 Å². The van der Waals surface area contributed by atoms with Crippen LogP contribution in [0.5, 0.6) is 0 Å². The molecule has 0 bridgehead atoms. The standard InChI is InChI=1S/C14H20BrNO2S/c15-9-2-1-3-10-16-19(17,18)14-8-7-12-5-4-6-13(12)11-14/h7-8,11,16H,1-6,9-10H2. The molecule has 0 spiro atoms. The average molecular weight is 346 g/mol. The van der Waals surface area contributed by atoms with E-state index in [1.165, 1.54) is 11.1 Å². The molecule has 19 heavy (non-hydrogen) atoms. The van der Waals surface area contributed by atoms with Gasteiger partial charge in [-0.1, -0.05) is 28.4 Å². The van der Waals surface area contributed by atoms with Gasteiger partial charge in [-0.2, -0.15) is 0 Å². The summed E-state index contributed by atoms with van der Waals surface area (Å²) in [7, 11) is -3.33. The minimum atomic E-state index is -3.33. The third-order valence-electron chi connectivity index (χ3n) is 3.48. The van der Waals surface area contributed by atoms with Gasteiger partial charge in [0.15, 0.2) is 0 Å². The zero-order valence-electron chi connectivity index (χ0n) is 11.0. The van der Waals surface area contributed by atoms with Crippen LogP contribution in [0.1, 0.15) is 36.8 Å². The molecule has 2 rings (SSSR count). The molecule has 0 amide bonds. The summed E-state index contributed by atoms with van der Waals surface area (Å²) in [6, 6.07) is 5.52. The van der Waals surface area contributed by atoms with Crippen LogP contribution in [0.3, 0.4) is 0 Å². The van der Waals surface area contributed by atoms with Gasteiger partial charge in [0.05, 0.1) is 4.90 Å². The second-order valence-electron chi connectivity index (χ2n) is 4.93. The lowest BCUT2D eigenvalue weighted by molar-refractivity contribution is 0.576. The molecule has 0 fully saturated rings. The molecule has 106 valence electrons. The Morgan fingerprint density at radius 3 is 2.68 bits per heavy atom. The maximum Gasteiger partial charge on any atom is 0.240 e. The molecular formula is C14H20BrNO2S. The van der Waals surface area contributed by atoms with E-state index in [1.807, 2.05) is 12.1 Å². The second kappa shape index (κ2) is 6.86. The predicted octanol–water partition coefficient (Wildman–Crippen LogP) is 3.02. The van der Waals surface area contributed by atoms with Gasteiger partial charge >= 0.3 is 0 Å². The fourth-order valence-corrected chi connectivity index (χ4v) is 3.92. The Balaban J connectivity index is 1.95. The van der Waals surface area contributed by atoms with Crippen molar-refractivity contribution in [3.05, 3.63) is 29.3 Å². The SMILES string of the molecule is O=S(=O)(NCCCCCBr)c1ccc2c(c1)CCC2. The minimum Gasteiger partial charge on any atom is -0.211 e. The van der Waals surface area contributed by atoms with E-state index in [2.05, 4.69) is 20.7 Å². The number of unbranched alkanes of at least 4 members (excludes halogenated alkanes) is 2. The van der Waals surface area contributed by atoms with Gasteiger partial charge in [0, 0.05) is 11.9 Å². The Morgan fingerprint density at radius 1 is 1.11 bits per heavy atom. The van der Waals surface area contributed by atoms with E-state index >= 15 is 0 Å². The number of rotatable bonds is 7. The van der Waals surface area contributed by atoms with Crippen molar-refractivity contribution in [1.29, 1.82) is 0 Å². The molecule has 1 aromatic rings. The van der Waals surface area contributed by atoms with Crippen LogP contribution < -0.4 is 4.72 Å². The lowest BCUT2D eigenvalue weighted by Gasteiger charge is -2.08. The molecule has 0 unspecified atom stereocenters. The molecule has 0 saturated heterocycles. The van der Waals surface area contributed by atoms with Crippen molar-refractivity contribution in [3.8, 4) is 0 Å². The number of alkyl halides is 1. The fraction of sp³-hybridized carbons (Fsp3) is 0.571. The van der Waals surface area contributed by atoms with Crippen LogP contribution in [0.4, 0.5) is 0 Å². The monoisotopic (exact) mass is 345 g/mol. The lowest BCUT2D eigenvalue weighted by atomic mass is 10.1. The summed E-state index contributed by atoms with van der Waals surface area (Å²) in [4.78, 5) is 0.411. The summed E-state index contributed by atoms with van der Waals surface area (Å²) in [5, 5.41) is 0.977. The number of nitrogens with one attached hydrogen (secondary N) is 1. The zero-order chi connectivity index (χ0) is 13.7. The number of fused-ring (bicyclic) bond motifs is 1. The maximum absolute atomic E-state index is 12.1. The van der Waals surface area contributed by atoms with E-state index in [-0.39, 0.29) is 0 Å². The van der Waals surface area contributed by atoms with E-state index in [4.69, 9.17) is 0 Å². The Morgan fingerprint density at radius 2 is 1.89 bits per heavy atom. The summed E-state index contributed by atoms with van der Waals surface area (Å²) in [5.74, 6) is 0. The van der Waals surface area contributed by atoms with E-state index in [0.29, 0.717) is 11.4 Å². The molecule has 0 saturated carbocycles. The normalized spacial score (nSPS) is 14.6. The summed E-state index contributed by atoms with van der Waals surface area (Å²) in [5.41, 5.74) is 2.50. The third kappa shape index (κ3) is 4.04. The highest BCUT2D eigenvalue weighted by Crippen LogP contribution is 2.24. The second-order valence-corrected chi connectivity index (χ2v) is 7.49. The highest BCUT2D eigenvalue weighted by molar-refractivity contribution is 9.09. The van der Waals surface area contributed by atoms with Gasteiger partial charge in [0.2, 0.25) is 10.0 Å². The largest absolute Gasteiger partial charge is 0.240 e. The Hall–Kier alpha value is -0.390. The topological polar surface area (TPSA) is 46.2 Å². The summed E-state index contributed by atoms with van der Waals surface area (Å²) in [6.07, 6.45) is 6.23. The van der Waals surface area contributed by atoms with Crippen molar-refractivity contribution in [2.24, 2.45) is 0 Å². The molecule has 1 aromatic carbocycles. The summed E-state index contributed by atoms with van der Waals surface area (Å²) in [6.45, 7) is 0.520. The summed E-state index contributed by atoms with van der Waals surface area (Å²) >= 11 is 3.37. The minimum absolute atomic E-state index is 0.411. The Kier molecular flexibility index (Phi) is 5.42. The van der Waals surface area contributed by atoms with Crippen LogP contribution in [0.2, 0.25) is 0 Å². The first-order chi connectivity index (χ1) is 9.13. The number of hydrogen-bond acceptors (Lipinski definition) is 2. The van der Waals surface area contributed by atoms with Gasteiger partial charge < -0.3 is 0 Å². The van der Waals surface area contributed by atoms with Gasteiger partial charge in [0.1, 0.15) is 0 Å². The molecule has 0 heterocycles. The van der Waals surface area contributed by atoms with E-state index < -0.39 is 10.0 Å². The van der Waals surface area contributed by atoms with E-state index in [1.54, 1.807) is 6.07 Å². The number of benzene rings is 1. The average Bonchev–Trinajstić information content (AvgIpc) is 2.85. The van der Waals surface area contributed by atoms with Crippen LogP contribution in [-0.4, -0.2) is 20.3 Å². The van der Waals surface area contributed by atoms with Crippen molar-refractivity contribution >= 4 is 26.0 Å². The smallest absolute Gasteiger partial charge is 0.211 e. The Bertz CT molecular complexity index is 528. The molecule has 0 atom stereocenters. The molecule has 1 aliphatic rings. The van der Waals surface area contributed by atoms with Crippen LogP contribution >= 0.6 is 15.9 Å². The van der Waals surface area contributed by atoms with Crippen molar-refractivity contribution in [3.63, 3.8) is 0 Å². The molecule has 1 aliphatic carbocycles. The molecule has 0 radical (unpaired) electrons. The number of sulfonamides is 1. The van der Waals surface area contributed by atoms with Crippen molar-refractivity contribution in [1.82, 2.24) is 4.72 Å². The maximum atomic E-state index is 12.1. The van der Waals surface area contributed by atoms with Crippen LogP contribution in [0, 0.1) is 0 Å². The molecular weight excluding hydrogens is 326 g/mol. The predicted molar refractivity (Wildman–Crippen MR) is 81.3 cm³/mol. The van der Waals surface area contributed by atoms with Crippen molar-refractivity contribution in [2.45, 2.75) is 43.4 Å². The molecule has 0 aliphatic heterocycles. The van der Waals surface area contributed by atoms with E-state index in [0.717, 1.165) is 43.9 Å². The number of halogens is 1. The van der Waals surface area contributed by atoms with Gasteiger partial charge in [0.25, 0.3) is 0 Å². The van der Waals surface area contributed by atoms with Gasteiger partial charge in [-0.15, -0.1) is 0 Å². The van der Waals surface area contributed by atoms with Crippen molar-refractivity contribution in [2.75, 3.05) is 11.9 Å². The molecule has 0 aromatic heterocycles. The number of aryl methyl sites for hydroxylation is 2. The van der Waals surface area contributed by atoms with E-state index in [9.17, 15) is 8.42 Å². The Labute approximate surface area is 124 Å². The number of hydrogen-bond donors (Lipinski definition) is 1. The quantitative estimate of drug-likeness (QED) is 0.609. The van der Waals surface area contributed by atoms with Gasteiger partial charge in [-0.05, 0) is 55.4 Å². The first kappa shape index (κ1) is 15.0. The fourth-order valence-electron chi connectivity index (χ4n) is 2.40. The highest BCUT2D eigenvalue weighted by Gasteiger charge is 2.17. The molecule has 1 N–H and O–H groups in total. The first-order valence-corrected chi connectivity index (χ1v) is 9.41. The summed E-state index contributed by atoms with van der Waals surface area (Å²) < 4.78 is 27.0. The van der Waals surface area contributed by atoms with Crippen molar-refractivity contribution < 1.29 is 8.42 Å². The molecule has 5 heteroatoms. The highest BCUT2D eigenvalue weighted by atomic mass is 79.9. The molecule has 3 nitrogen and oxygen atoms in total. The van der Waals surface area contributed by atoms with Crippen LogP contribution in [-0.2, 0) is 22.9 Å². The zero-order valence-corrected chi connectivity index (χ0v) is 13.4. The third-order valence-corrected chi connectivity index (χ3v) is 5.50. The van der Waals surface area contributed by atoms with Gasteiger partial charge in [-0.25, -0.2) is 13.1 Å².